The maximum atomic E-state index is 5.85. The number of ether oxygens (including phenoxy) is 3. The fourth-order valence-corrected chi connectivity index (χ4v) is 4.33. The molecule has 0 unspecified atom stereocenters. The van der Waals surface area contributed by atoms with Gasteiger partial charge in [0.25, 0.3) is 0 Å². The smallest absolute Gasteiger partial charge is 0.169 e. The van der Waals surface area contributed by atoms with Crippen molar-refractivity contribution in [2.24, 2.45) is 0 Å². The number of rotatable bonds is 7. The zero-order valence-electron chi connectivity index (χ0n) is 18.0. The monoisotopic (exact) mass is 403 g/mol. The highest BCUT2D eigenvalue weighted by atomic mass is 16.5. The van der Waals surface area contributed by atoms with Gasteiger partial charge in [-0.05, 0) is 41.7 Å². The molecular weight excluding hydrogens is 374 g/mol. The van der Waals surface area contributed by atoms with Crippen LogP contribution in [0.5, 0.6) is 17.2 Å². The second-order valence-electron chi connectivity index (χ2n) is 7.59. The van der Waals surface area contributed by atoms with E-state index < -0.39 is 0 Å². The molecule has 0 N–H and O–H groups in total. The number of methoxy groups -OCH3 is 3. The van der Waals surface area contributed by atoms with Crippen molar-refractivity contribution < 1.29 is 14.2 Å². The molecular formula is C26H29NO3. The molecule has 0 aliphatic carbocycles. The molecule has 0 atom stereocenters. The lowest BCUT2D eigenvalue weighted by molar-refractivity contribution is 0.256. The molecule has 1 aliphatic heterocycles. The first kappa shape index (κ1) is 20.3. The fourth-order valence-electron chi connectivity index (χ4n) is 4.33. The van der Waals surface area contributed by atoms with Crippen LogP contribution < -0.4 is 14.2 Å². The Morgan fingerprint density at radius 2 is 1.57 bits per heavy atom. The number of para-hydroxylation sites is 1. The van der Waals surface area contributed by atoms with Gasteiger partial charge in [-0.25, -0.2) is 0 Å². The van der Waals surface area contributed by atoms with Gasteiger partial charge in [-0.15, -0.1) is 0 Å². The Labute approximate surface area is 179 Å². The predicted octanol–water partition coefficient (Wildman–Crippen LogP) is 4.98. The van der Waals surface area contributed by atoms with E-state index in [1.807, 2.05) is 18.2 Å². The number of fused-ring (bicyclic) bond motifs is 1. The maximum Gasteiger partial charge on any atom is 0.169 e. The van der Waals surface area contributed by atoms with Crippen LogP contribution in [0.3, 0.4) is 0 Å². The number of nitrogens with zero attached hydrogens (tertiary/aromatic N) is 1. The van der Waals surface area contributed by atoms with Crippen molar-refractivity contribution >= 4 is 0 Å². The minimum absolute atomic E-state index is 0.769. The molecule has 3 aromatic rings. The molecule has 4 rings (SSSR count). The molecule has 0 fully saturated rings. The van der Waals surface area contributed by atoms with Gasteiger partial charge in [-0.3, -0.25) is 4.90 Å². The van der Waals surface area contributed by atoms with E-state index in [-0.39, 0.29) is 0 Å². The Bertz CT molecular complexity index is 1000. The molecule has 0 amide bonds. The molecule has 0 saturated heterocycles. The van der Waals surface area contributed by atoms with Gasteiger partial charge >= 0.3 is 0 Å². The molecule has 0 bridgehead atoms. The van der Waals surface area contributed by atoms with Crippen LogP contribution in [0.1, 0.15) is 16.7 Å². The van der Waals surface area contributed by atoms with Gasteiger partial charge < -0.3 is 14.2 Å². The lowest BCUT2D eigenvalue weighted by Crippen LogP contribution is -2.32. The van der Waals surface area contributed by atoms with E-state index in [0.717, 1.165) is 60.9 Å². The van der Waals surface area contributed by atoms with Gasteiger partial charge in [0.15, 0.2) is 11.5 Å². The van der Waals surface area contributed by atoms with Crippen molar-refractivity contribution in [3.63, 3.8) is 0 Å². The zero-order chi connectivity index (χ0) is 20.9. The quantitative estimate of drug-likeness (QED) is 0.557. The number of hydrogen-bond acceptors (Lipinski definition) is 4. The van der Waals surface area contributed by atoms with Crippen LogP contribution in [0.15, 0.2) is 60.7 Å². The Balaban J connectivity index is 1.73. The molecule has 156 valence electrons. The first-order valence-electron chi connectivity index (χ1n) is 10.4. The van der Waals surface area contributed by atoms with Crippen molar-refractivity contribution in [1.82, 2.24) is 4.90 Å². The molecule has 0 aromatic heterocycles. The first-order chi connectivity index (χ1) is 14.7. The topological polar surface area (TPSA) is 30.9 Å². The van der Waals surface area contributed by atoms with Gasteiger partial charge in [-0.2, -0.15) is 0 Å². The van der Waals surface area contributed by atoms with Crippen molar-refractivity contribution in [3.8, 4) is 28.4 Å². The van der Waals surface area contributed by atoms with Crippen LogP contribution in [0, 0.1) is 0 Å². The minimum atomic E-state index is 0.769. The maximum absolute atomic E-state index is 5.85. The van der Waals surface area contributed by atoms with Gasteiger partial charge in [0.1, 0.15) is 5.75 Å². The number of hydrogen-bond donors (Lipinski definition) is 0. The van der Waals surface area contributed by atoms with E-state index in [2.05, 4.69) is 47.4 Å². The second kappa shape index (κ2) is 9.23. The summed E-state index contributed by atoms with van der Waals surface area (Å²) < 4.78 is 17.2. The Morgan fingerprint density at radius 3 is 2.30 bits per heavy atom. The third-order valence-corrected chi connectivity index (χ3v) is 5.88. The Kier molecular flexibility index (Phi) is 6.24. The van der Waals surface area contributed by atoms with Crippen LogP contribution in [0.2, 0.25) is 0 Å². The normalized spacial score (nSPS) is 13.6. The highest BCUT2D eigenvalue weighted by Gasteiger charge is 2.27. The minimum Gasteiger partial charge on any atom is -0.496 e. The average Bonchev–Trinajstić information content (AvgIpc) is 2.81. The fraction of sp³-hybridized carbons (Fsp3) is 0.308. The molecule has 3 aromatic carbocycles. The van der Waals surface area contributed by atoms with E-state index in [1.165, 1.54) is 16.7 Å². The van der Waals surface area contributed by atoms with Gasteiger partial charge in [-0.1, -0.05) is 48.5 Å². The van der Waals surface area contributed by atoms with Crippen LogP contribution >= 0.6 is 0 Å². The summed E-state index contributed by atoms with van der Waals surface area (Å²) in [6, 6.07) is 21.0. The highest BCUT2D eigenvalue weighted by Crippen LogP contribution is 2.46. The van der Waals surface area contributed by atoms with Gasteiger partial charge in [0.2, 0.25) is 0 Å². The summed E-state index contributed by atoms with van der Waals surface area (Å²) >= 11 is 0. The third kappa shape index (κ3) is 4.01. The molecule has 0 saturated carbocycles. The molecule has 4 heteroatoms. The first-order valence-corrected chi connectivity index (χ1v) is 10.4. The lowest BCUT2D eigenvalue weighted by Gasteiger charge is -2.32. The third-order valence-electron chi connectivity index (χ3n) is 5.88. The van der Waals surface area contributed by atoms with Crippen molar-refractivity contribution in [3.05, 3.63) is 77.4 Å². The van der Waals surface area contributed by atoms with E-state index >= 15 is 0 Å². The van der Waals surface area contributed by atoms with Crippen molar-refractivity contribution in [1.29, 1.82) is 0 Å². The molecule has 0 radical (unpaired) electrons. The standard InChI is InChI=1S/C26H29NO3/c1-28-23-12-8-7-11-21(23)25-22-18-27(15-13-19-9-5-4-6-10-19)16-14-20(22)17-24(29-2)26(25)30-3/h4-12,17H,13-16,18H2,1-3H3. The summed E-state index contributed by atoms with van der Waals surface area (Å²) in [4.78, 5) is 2.53. The highest BCUT2D eigenvalue weighted by molar-refractivity contribution is 5.82. The zero-order valence-corrected chi connectivity index (χ0v) is 18.0. The molecule has 4 nitrogen and oxygen atoms in total. The Morgan fingerprint density at radius 1 is 0.833 bits per heavy atom. The summed E-state index contributed by atoms with van der Waals surface area (Å²) in [6.07, 6.45) is 2.04. The van der Waals surface area contributed by atoms with Crippen molar-refractivity contribution in [2.75, 3.05) is 34.4 Å². The van der Waals surface area contributed by atoms with Crippen LogP contribution in [-0.2, 0) is 19.4 Å². The van der Waals surface area contributed by atoms with Crippen molar-refractivity contribution in [2.45, 2.75) is 19.4 Å². The predicted molar refractivity (Wildman–Crippen MR) is 121 cm³/mol. The van der Waals surface area contributed by atoms with E-state index in [0.29, 0.717) is 0 Å². The van der Waals surface area contributed by atoms with Gasteiger partial charge in [0.05, 0.1) is 21.3 Å². The summed E-state index contributed by atoms with van der Waals surface area (Å²) in [6.45, 7) is 2.96. The summed E-state index contributed by atoms with van der Waals surface area (Å²) in [7, 11) is 5.12. The summed E-state index contributed by atoms with van der Waals surface area (Å²) in [5.74, 6) is 2.38. The molecule has 1 aliphatic rings. The average molecular weight is 404 g/mol. The van der Waals surface area contributed by atoms with E-state index in [9.17, 15) is 0 Å². The van der Waals surface area contributed by atoms with E-state index in [4.69, 9.17) is 14.2 Å². The molecule has 1 heterocycles. The SMILES string of the molecule is COc1ccccc1-c1c2c(cc(OC)c1OC)CCN(CCc1ccccc1)C2. The van der Waals surface area contributed by atoms with Gasteiger partial charge in [0, 0.05) is 30.8 Å². The van der Waals surface area contributed by atoms with Crippen LogP contribution in [-0.4, -0.2) is 39.3 Å². The molecule has 30 heavy (non-hydrogen) atoms. The summed E-state index contributed by atoms with van der Waals surface area (Å²) in [5, 5.41) is 0. The van der Waals surface area contributed by atoms with Crippen LogP contribution in [0.4, 0.5) is 0 Å². The molecule has 0 spiro atoms. The number of benzene rings is 3. The Hall–Kier alpha value is -2.98. The van der Waals surface area contributed by atoms with Crippen LogP contribution in [0.25, 0.3) is 11.1 Å². The largest absolute Gasteiger partial charge is 0.496 e. The van der Waals surface area contributed by atoms with E-state index in [1.54, 1.807) is 21.3 Å². The summed E-state index contributed by atoms with van der Waals surface area (Å²) in [5.41, 5.74) is 6.12. The second-order valence-corrected chi connectivity index (χ2v) is 7.59. The lowest BCUT2D eigenvalue weighted by atomic mass is 9.89.